The van der Waals surface area contributed by atoms with Gasteiger partial charge in [0.15, 0.2) is 5.89 Å². The first-order chi connectivity index (χ1) is 9.11. The van der Waals surface area contributed by atoms with E-state index in [-0.39, 0.29) is 11.7 Å². The van der Waals surface area contributed by atoms with Crippen molar-refractivity contribution in [3.63, 3.8) is 0 Å². The maximum absolute atomic E-state index is 9.34. The van der Waals surface area contributed by atoms with Gasteiger partial charge in [0.1, 0.15) is 11.5 Å². The monoisotopic (exact) mass is 256 g/mol. The highest BCUT2D eigenvalue weighted by molar-refractivity contribution is 5.61. The molecule has 2 aromatic heterocycles. The second-order valence-electron chi connectivity index (χ2n) is 4.39. The third kappa shape index (κ3) is 1.57. The predicted molar refractivity (Wildman–Crippen MR) is 66.9 cm³/mol. The fourth-order valence-electron chi connectivity index (χ4n) is 2.29. The number of aromatic nitrogens is 3. The molecule has 4 N–H and O–H groups in total. The molecule has 0 unspecified atom stereocenters. The van der Waals surface area contributed by atoms with Gasteiger partial charge < -0.3 is 15.5 Å². The van der Waals surface area contributed by atoms with Crippen LogP contribution in [0.2, 0.25) is 0 Å². The number of nitrogens with two attached hydrogens (primary N) is 1. The van der Waals surface area contributed by atoms with Crippen molar-refractivity contribution in [2.24, 2.45) is 5.73 Å². The molecule has 3 heterocycles. The van der Waals surface area contributed by atoms with Gasteiger partial charge >= 0.3 is 0 Å². The zero-order valence-corrected chi connectivity index (χ0v) is 10.5. The van der Waals surface area contributed by atoms with Crippen LogP contribution in [0.3, 0.4) is 0 Å². The molecule has 2 aromatic rings. The van der Waals surface area contributed by atoms with Crippen molar-refractivity contribution in [1.29, 1.82) is 5.26 Å². The number of nitriles is 1. The van der Waals surface area contributed by atoms with Crippen LogP contribution in [0, 0.1) is 25.2 Å². The Kier molecular flexibility index (Phi) is 2.32. The number of nitrogens with one attached hydrogen (secondary N) is 2. The molecular weight excluding hydrogens is 244 g/mol. The molecule has 0 spiro atoms. The Morgan fingerprint density at radius 2 is 2.26 bits per heavy atom. The van der Waals surface area contributed by atoms with Gasteiger partial charge in [-0.05, 0) is 6.92 Å². The molecule has 0 aliphatic carbocycles. The van der Waals surface area contributed by atoms with E-state index in [0.29, 0.717) is 23.0 Å². The standard InChI is InChI=1S/C12H12N6O/c1-5-8(4-15-18-5)9-7(3-13)11(14)17-12-10(9)16-6(2)19-12/h4,9,17H,14H2,1-2H3,(H,15,18)/t9-/m1/s1. The van der Waals surface area contributed by atoms with Gasteiger partial charge in [-0.2, -0.15) is 10.4 Å². The second-order valence-corrected chi connectivity index (χ2v) is 4.39. The Balaban J connectivity index is 2.25. The summed E-state index contributed by atoms with van der Waals surface area (Å²) in [5.41, 5.74) is 8.71. The quantitative estimate of drug-likeness (QED) is 0.707. The summed E-state index contributed by atoms with van der Waals surface area (Å²) < 4.78 is 5.46. The van der Waals surface area contributed by atoms with Gasteiger partial charge in [-0.3, -0.25) is 5.10 Å². The highest BCUT2D eigenvalue weighted by Gasteiger charge is 2.34. The number of aromatic amines is 1. The van der Waals surface area contributed by atoms with Crippen molar-refractivity contribution in [2.45, 2.75) is 19.8 Å². The van der Waals surface area contributed by atoms with Gasteiger partial charge in [-0.15, -0.1) is 0 Å². The molecule has 0 fully saturated rings. The molecule has 0 saturated carbocycles. The largest absolute Gasteiger partial charge is 0.425 e. The maximum Gasteiger partial charge on any atom is 0.223 e. The van der Waals surface area contributed by atoms with Gasteiger partial charge in [-0.1, -0.05) is 0 Å². The fourth-order valence-corrected chi connectivity index (χ4v) is 2.29. The maximum atomic E-state index is 9.34. The second kappa shape index (κ2) is 3.88. The van der Waals surface area contributed by atoms with Crippen LogP contribution < -0.4 is 11.1 Å². The van der Waals surface area contributed by atoms with Crippen LogP contribution in [0.1, 0.15) is 28.8 Å². The molecule has 0 aromatic carbocycles. The van der Waals surface area contributed by atoms with E-state index >= 15 is 0 Å². The van der Waals surface area contributed by atoms with Crippen LogP contribution in [0.5, 0.6) is 0 Å². The van der Waals surface area contributed by atoms with E-state index in [0.717, 1.165) is 11.3 Å². The minimum Gasteiger partial charge on any atom is -0.425 e. The molecule has 7 nitrogen and oxygen atoms in total. The van der Waals surface area contributed by atoms with E-state index in [1.807, 2.05) is 6.92 Å². The van der Waals surface area contributed by atoms with E-state index in [2.05, 4.69) is 26.6 Å². The van der Waals surface area contributed by atoms with E-state index in [9.17, 15) is 5.26 Å². The molecule has 0 radical (unpaired) electrons. The summed E-state index contributed by atoms with van der Waals surface area (Å²) >= 11 is 0. The number of anilines is 1. The van der Waals surface area contributed by atoms with E-state index in [1.165, 1.54) is 0 Å². The number of rotatable bonds is 1. The van der Waals surface area contributed by atoms with Crippen LogP contribution in [-0.4, -0.2) is 15.2 Å². The zero-order chi connectivity index (χ0) is 13.6. The topological polar surface area (TPSA) is 117 Å². The molecule has 19 heavy (non-hydrogen) atoms. The van der Waals surface area contributed by atoms with Gasteiger partial charge in [0, 0.05) is 18.2 Å². The zero-order valence-electron chi connectivity index (χ0n) is 10.5. The summed E-state index contributed by atoms with van der Waals surface area (Å²) in [5.74, 6) is 0.949. The molecule has 1 atom stereocenters. The molecule has 1 aliphatic heterocycles. The lowest BCUT2D eigenvalue weighted by atomic mass is 9.87. The average Bonchev–Trinajstić information content (AvgIpc) is 2.92. The summed E-state index contributed by atoms with van der Waals surface area (Å²) in [6.07, 6.45) is 1.68. The minimum atomic E-state index is -0.350. The van der Waals surface area contributed by atoms with Crippen LogP contribution >= 0.6 is 0 Å². The normalized spacial score (nSPS) is 17.8. The summed E-state index contributed by atoms with van der Waals surface area (Å²) in [6.45, 7) is 3.64. The highest BCUT2D eigenvalue weighted by atomic mass is 16.4. The van der Waals surface area contributed by atoms with Crippen molar-refractivity contribution < 1.29 is 4.42 Å². The Bertz CT molecular complexity index is 717. The van der Waals surface area contributed by atoms with Crippen LogP contribution in [0.25, 0.3) is 0 Å². The SMILES string of the molecule is Cc1nc2c(o1)NC(N)=C(C#N)[C@@H]2c1cn[nH]c1C. The summed E-state index contributed by atoms with van der Waals surface area (Å²) in [6, 6.07) is 2.14. The van der Waals surface area contributed by atoms with Crippen LogP contribution in [-0.2, 0) is 0 Å². The molecule has 7 heteroatoms. The number of fused-ring (bicyclic) bond motifs is 1. The smallest absolute Gasteiger partial charge is 0.223 e. The number of nitrogens with zero attached hydrogens (tertiary/aromatic N) is 3. The molecule has 0 saturated heterocycles. The van der Waals surface area contributed by atoms with Crippen LogP contribution in [0.15, 0.2) is 22.0 Å². The number of allylic oxidation sites excluding steroid dienone is 1. The van der Waals surface area contributed by atoms with Gasteiger partial charge in [0.25, 0.3) is 0 Å². The van der Waals surface area contributed by atoms with Crippen LogP contribution in [0.4, 0.5) is 5.88 Å². The van der Waals surface area contributed by atoms with Gasteiger partial charge in [0.2, 0.25) is 5.88 Å². The summed E-state index contributed by atoms with van der Waals surface area (Å²) in [5, 5.41) is 19.1. The van der Waals surface area contributed by atoms with E-state index < -0.39 is 0 Å². The van der Waals surface area contributed by atoms with Crippen molar-refractivity contribution in [2.75, 3.05) is 5.32 Å². The third-order valence-electron chi connectivity index (χ3n) is 3.16. The molecule has 0 bridgehead atoms. The van der Waals surface area contributed by atoms with E-state index in [4.69, 9.17) is 10.2 Å². The lowest BCUT2D eigenvalue weighted by molar-refractivity contribution is 0.534. The number of hydrogen-bond donors (Lipinski definition) is 3. The minimum absolute atomic E-state index is 0.289. The number of oxazole rings is 1. The predicted octanol–water partition coefficient (Wildman–Crippen LogP) is 1.27. The number of hydrogen-bond acceptors (Lipinski definition) is 6. The highest BCUT2D eigenvalue weighted by Crippen LogP contribution is 2.40. The molecule has 3 rings (SSSR count). The Hall–Kier alpha value is -2.75. The fraction of sp³-hybridized carbons (Fsp3) is 0.250. The third-order valence-corrected chi connectivity index (χ3v) is 3.16. The van der Waals surface area contributed by atoms with Gasteiger partial charge in [0.05, 0.1) is 23.8 Å². The van der Waals surface area contributed by atoms with E-state index in [1.54, 1.807) is 13.1 Å². The Morgan fingerprint density at radius 3 is 2.89 bits per heavy atom. The van der Waals surface area contributed by atoms with Crippen molar-refractivity contribution in [3.05, 3.63) is 40.4 Å². The molecule has 1 aliphatic rings. The molecular formula is C12H12N6O. The molecule has 0 amide bonds. The van der Waals surface area contributed by atoms with Crippen molar-refractivity contribution in [1.82, 2.24) is 15.2 Å². The first-order valence-corrected chi connectivity index (χ1v) is 5.75. The molecule has 96 valence electrons. The summed E-state index contributed by atoms with van der Waals surface area (Å²) in [4.78, 5) is 4.35. The van der Waals surface area contributed by atoms with Crippen molar-refractivity contribution in [3.8, 4) is 6.07 Å². The summed E-state index contributed by atoms with van der Waals surface area (Å²) in [7, 11) is 0. The number of aryl methyl sites for hydroxylation is 2. The average molecular weight is 256 g/mol. The Morgan fingerprint density at radius 1 is 1.47 bits per heavy atom. The first kappa shape index (κ1) is 11.3. The van der Waals surface area contributed by atoms with Gasteiger partial charge in [-0.25, -0.2) is 4.98 Å². The first-order valence-electron chi connectivity index (χ1n) is 5.75. The van der Waals surface area contributed by atoms with Crippen molar-refractivity contribution >= 4 is 5.88 Å². The Labute approximate surface area is 109 Å². The lowest BCUT2D eigenvalue weighted by Crippen LogP contribution is -2.22. The lowest BCUT2D eigenvalue weighted by Gasteiger charge is -2.21. The number of H-pyrrole nitrogens is 1.